The molecule has 1 aliphatic heterocycles. The van der Waals surface area contributed by atoms with Gasteiger partial charge in [-0.25, -0.2) is 0 Å². The lowest BCUT2D eigenvalue weighted by molar-refractivity contribution is -0.153. The van der Waals surface area contributed by atoms with E-state index in [9.17, 15) is 24.3 Å². The molecule has 0 aromatic heterocycles. The molecule has 1 saturated heterocycles. The van der Waals surface area contributed by atoms with Gasteiger partial charge in [0.2, 0.25) is 23.6 Å². The molecular formula is C39H68N6O7. The largest absolute Gasteiger partial charge is 0.386 e. The van der Waals surface area contributed by atoms with E-state index in [1.807, 2.05) is 59.7 Å². The molecule has 4 amide bonds. The Morgan fingerprint density at radius 3 is 2.04 bits per heavy atom. The van der Waals surface area contributed by atoms with Crippen LogP contribution in [0.15, 0.2) is 30.3 Å². The minimum atomic E-state index is -1.29. The predicted molar refractivity (Wildman–Crippen MR) is 203 cm³/mol. The number of likely N-dealkylation sites (N-methyl/N-ethyl adjacent to an activating group) is 2. The zero-order valence-electron chi connectivity index (χ0n) is 33.6. The Hall–Kier alpha value is -3.10. The highest BCUT2D eigenvalue weighted by Gasteiger charge is 2.51. The first-order chi connectivity index (χ1) is 24.4. The van der Waals surface area contributed by atoms with E-state index in [0.29, 0.717) is 31.4 Å². The van der Waals surface area contributed by atoms with Crippen LogP contribution in [0, 0.1) is 23.7 Å². The summed E-state index contributed by atoms with van der Waals surface area (Å²) in [5.41, 5.74) is 6.44. The topological polar surface area (TPSA) is 176 Å². The van der Waals surface area contributed by atoms with Crippen molar-refractivity contribution < 1.29 is 33.8 Å². The Morgan fingerprint density at radius 1 is 0.942 bits per heavy atom. The van der Waals surface area contributed by atoms with Gasteiger partial charge in [0.25, 0.3) is 0 Å². The highest BCUT2D eigenvalue weighted by molar-refractivity contribution is 5.90. The Kier molecular flexibility index (Phi) is 17.7. The van der Waals surface area contributed by atoms with E-state index in [4.69, 9.17) is 15.2 Å². The van der Waals surface area contributed by atoms with Gasteiger partial charge in [0.1, 0.15) is 17.8 Å². The summed E-state index contributed by atoms with van der Waals surface area (Å²) in [6, 6.07) is 6.78. The van der Waals surface area contributed by atoms with Crippen LogP contribution in [-0.2, 0) is 28.7 Å². The third-order valence-electron chi connectivity index (χ3n) is 10.9. The van der Waals surface area contributed by atoms with Gasteiger partial charge in [0.15, 0.2) is 0 Å². The summed E-state index contributed by atoms with van der Waals surface area (Å²) in [4.78, 5) is 58.3. The van der Waals surface area contributed by atoms with E-state index in [0.717, 1.165) is 0 Å². The molecule has 2 rings (SSSR count). The Labute approximate surface area is 312 Å². The normalized spacial score (nSPS) is 21.4. The number of likely N-dealkylation sites (tertiary alicyclic amines) is 1. The van der Waals surface area contributed by atoms with Crippen LogP contribution in [0.25, 0.3) is 0 Å². The average Bonchev–Trinajstić information content (AvgIpc) is 3.51. The molecule has 1 heterocycles. The van der Waals surface area contributed by atoms with Gasteiger partial charge in [-0.1, -0.05) is 85.2 Å². The maximum absolute atomic E-state index is 14.2. The molecule has 0 saturated carbocycles. The number of ether oxygens (including phenoxy) is 2. The van der Waals surface area contributed by atoms with Crippen LogP contribution in [-0.4, -0.2) is 115 Å². The minimum Gasteiger partial charge on any atom is -0.386 e. The summed E-state index contributed by atoms with van der Waals surface area (Å²) in [6.45, 7) is 15.5. The van der Waals surface area contributed by atoms with Gasteiger partial charge in [0, 0.05) is 27.8 Å². The number of methoxy groups -OCH3 is 2. The molecule has 13 nitrogen and oxygen atoms in total. The van der Waals surface area contributed by atoms with Crippen LogP contribution in [0.2, 0.25) is 0 Å². The van der Waals surface area contributed by atoms with E-state index in [-0.39, 0.29) is 47.8 Å². The van der Waals surface area contributed by atoms with Crippen molar-refractivity contribution in [3.8, 4) is 0 Å². The van der Waals surface area contributed by atoms with E-state index in [1.54, 1.807) is 49.9 Å². The molecule has 0 bridgehead atoms. The Bertz CT molecular complexity index is 1300. The highest BCUT2D eigenvalue weighted by Crippen LogP contribution is 2.35. The quantitative estimate of drug-likeness (QED) is 0.135. The van der Waals surface area contributed by atoms with Crippen molar-refractivity contribution in [3.63, 3.8) is 0 Å². The lowest BCUT2D eigenvalue weighted by Crippen LogP contribution is -2.66. The van der Waals surface area contributed by atoms with Crippen molar-refractivity contribution in [2.24, 2.45) is 29.4 Å². The molecule has 1 aromatic carbocycles. The number of benzene rings is 1. The standard InChI is InChI=1S/C39H68N6O7/c1-13-25(6)33(44(10)38(50)32(24(4)5)43-37(49)31(41-9)23(2)3)29(51-11)22-30(46)45-21-17-20-39(45,40)35(52-12)26(7)36(48)42-27(8)34(47)28-18-15-14-16-19-28/h14-16,18-19,23-27,29,31-35,41,47H,13,17,20-22,40H2,1-12H3,(H,42,48)(H,43,49)/t25-,26+,27+,29+,31-,32-,33-,34+,35+,39-/m0/s1. The highest BCUT2D eigenvalue weighted by atomic mass is 16.5. The molecule has 1 aliphatic rings. The van der Waals surface area contributed by atoms with Crippen molar-refractivity contribution in [1.82, 2.24) is 25.8 Å². The molecule has 296 valence electrons. The second-order valence-electron chi connectivity index (χ2n) is 15.3. The van der Waals surface area contributed by atoms with Gasteiger partial charge < -0.3 is 46.1 Å². The lowest BCUT2D eigenvalue weighted by atomic mass is 9.87. The van der Waals surface area contributed by atoms with Crippen molar-refractivity contribution in [1.29, 1.82) is 0 Å². The minimum absolute atomic E-state index is 0.0221. The van der Waals surface area contributed by atoms with Crippen LogP contribution in [0.4, 0.5) is 0 Å². The summed E-state index contributed by atoms with van der Waals surface area (Å²) in [5.74, 6) is -2.12. The summed E-state index contributed by atoms with van der Waals surface area (Å²) < 4.78 is 11.9. The second-order valence-corrected chi connectivity index (χ2v) is 15.3. The molecular weight excluding hydrogens is 664 g/mol. The Morgan fingerprint density at radius 2 is 1.54 bits per heavy atom. The Balaban J connectivity index is 2.30. The SMILES string of the molecule is CC[C@H](C)[C@@H]([C@@H](CC(=O)N1CCC[C@@]1(N)[C@H](OC)[C@@H](C)C(=O)N[C@H](C)[C@@H](O)c1ccccc1)OC)N(C)C(=O)[C@@H](NC(=O)[C@@H](NC)C(C)C)C(C)C. The number of nitrogens with two attached hydrogens (primary N) is 1. The third-order valence-corrected chi connectivity index (χ3v) is 10.9. The van der Waals surface area contributed by atoms with Gasteiger partial charge in [0.05, 0.1) is 42.7 Å². The van der Waals surface area contributed by atoms with E-state index < -0.39 is 54.1 Å². The predicted octanol–water partition coefficient (Wildman–Crippen LogP) is 2.82. The van der Waals surface area contributed by atoms with Crippen molar-refractivity contribution in [2.75, 3.05) is 34.9 Å². The number of nitrogens with zero attached hydrogens (tertiary/aromatic N) is 2. The van der Waals surface area contributed by atoms with Gasteiger partial charge in [-0.2, -0.15) is 0 Å². The summed E-state index contributed by atoms with van der Waals surface area (Å²) in [7, 11) is 6.44. The lowest BCUT2D eigenvalue weighted by Gasteiger charge is -2.44. The zero-order chi connectivity index (χ0) is 39.5. The van der Waals surface area contributed by atoms with Gasteiger partial charge in [-0.05, 0) is 50.1 Å². The number of carbonyl (C=O) groups is 4. The van der Waals surface area contributed by atoms with E-state index in [2.05, 4.69) is 16.0 Å². The fourth-order valence-electron chi connectivity index (χ4n) is 7.62. The number of hydrogen-bond acceptors (Lipinski definition) is 9. The molecule has 52 heavy (non-hydrogen) atoms. The number of nitrogens with one attached hydrogen (secondary N) is 3. The second kappa shape index (κ2) is 20.4. The van der Waals surface area contributed by atoms with Crippen LogP contribution >= 0.6 is 0 Å². The first-order valence-corrected chi connectivity index (χ1v) is 18.8. The van der Waals surface area contributed by atoms with Crippen molar-refractivity contribution >= 4 is 23.6 Å². The number of rotatable bonds is 20. The smallest absolute Gasteiger partial charge is 0.245 e. The molecule has 6 N–H and O–H groups in total. The number of aliphatic hydroxyl groups excluding tert-OH is 1. The number of aliphatic hydroxyl groups is 1. The maximum atomic E-state index is 14.2. The average molecular weight is 733 g/mol. The van der Waals surface area contributed by atoms with Gasteiger partial charge in [-0.3, -0.25) is 19.2 Å². The van der Waals surface area contributed by atoms with Crippen LogP contribution in [0.5, 0.6) is 0 Å². The molecule has 0 spiro atoms. The molecule has 0 aliphatic carbocycles. The first-order valence-electron chi connectivity index (χ1n) is 18.8. The molecule has 10 atom stereocenters. The van der Waals surface area contributed by atoms with E-state index in [1.165, 1.54) is 14.2 Å². The molecule has 13 heteroatoms. The summed E-state index contributed by atoms with van der Waals surface area (Å²) >= 11 is 0. The van der Waals surface area contributed by atoms with Crippen LogP contribution in [0.3, 0.4) is 0 Å². The van der Waals surface area contributed by atoms with E-state index >= 15 is 0 Å². The summed E-state index contributed by atoms with van der Waals surface area (Å²) in [5, 5.41) is 19.8. The summed E-state index contributed by atoms with van der Waals surface area (Å²) in [6.07, 6.45) is -0.767. The van der Waals surface area contributed by atoms with Gasteiger partial charge >= 0.3 is 0 Å². The third kappa shape index (κ3) is 10.7. The van der Waals surface area contributed by atoms with Crippen molar-refractivity contribution in [2.45, 2.75) is 129 Å². The molecule has 1 aromatic rings. The van der Waals surface area contributed by atoms with Gasteiger partial charge in [-0.15, -0.1) is 0 Å². The number of amides is 4. The monoisotopic (exact) mass is 733 g/mol. The fourth-order valence-corrected chi connectivity index (χ4v) is 7.62. The number of carbonyl (C=O) groups excluding carboxylic acids is 4. The van der Waals surface area contributed by atoms with Crippen molar-refractivity contribution in [3.05, 3.63) is 35.9 Å². The van der Waals surface area contributed by atoms with Crippen LogP contribution in [0.1, 0.15) is 92.7 Å². The number of hydrogen-bond donors (Lipinski definition) is 5. The first kappa shape index (κ1) is 45.1. The molecule has 1 fully saturated rings. The fraction of sp³-hybridized carbons (Fsp3) is 0.744. The molecule has 0 radical (unpaired) electrons. The maximum Gasteiger partial charge on any atom is 0.245 e. The molecule has 0 unspecified atom stereocenters. The zero-order valence-corrected chi connectivity index (χ0v) is 33.6. The van der Waals surface area contributed by atoms with Crippen LogP contribution < -0.4 is 21.7 Å².